The Balaban J connectivity index is 1.99. The number of imide groups is 1. The predicted octanol–water partition coefficient (Wildman–Crippen LogP) is 1.07. The van der Waals surface area contributed by atoms with Crippen molar-refractivity contribution >= 4 is 12.0 Å². The van der Waals surface area contributed by atoms with Crippen LogP contribution in [0, 0.1) is 0 Å². The van der Waals surface area contributed by atoms with Crippen LogP contribution in [-0.4, -0.2) is 34.7 Å². The fourth-order valence-corrected chi connectivity index (χ4v) is 2.19. The average Bonchev–Trinajstić information content (AvgIpc) is 2.51. The Kier molecular flexibility index (Phi) is 5.54. The predicted molar refractivity (Wildman–Crippen MR) is 76.6 cm³/mol. The molecule has 2 amide bonds. The van der Waals surface area contributed by atoms with E-state index in [1.807, 2.05) is 5.32 Å². The Morgan fingerprint density at radius 1 is 1.32 bits per heavy atom. The van der Waals surface area contributed by atoms with Crippen LogP contribution in [0.3, 0.4) is 0 Å². The molecule has 1 aromatic heterocycles. The summed E-state index contributed by atoms with van der Waals surface area (Å²) >= 11 is 0. The van der Waals surface area contributed by atoms with Crippen molar-refractivity contribution in [2.75, 3.05) is 6.54 Å². The van der Waals surface area contributed by atoms with Crippen molar-refractivity contribution < 1.29 is 24.2 Å². The van der Waals surface area contributed by atoms with Crippen LogP contribution >= 0.6 is 0 Å². The molecule has 4 N–H and O–H groups in total. The minimum Gasteiger partial charge on any atom is -0.503 e. The molecular formula is C14H19N3O5. The highest BCUT2D eigenvalue weighted by Crippen LogP contribution is 2.28. The smallest absolute Gasteiger partial charge is 0.420 e. The number of nitrogens with one attached hydrogen (secondary N) is 1. The Morgan fingerprint density at radius 3 is 2.73 bits per heavy atom. The van der Waals surface area contributed by atoms with E-state index in [0.717, 1.165) is 25.7 Å². The van der Waals surface area contributed by atoms with Crippen molar-refractivity contribution in [2.45, 2.75) is 38.2 Å². The zero-order valence-electron chi connectivity index (χ0n) is 12.1. The molecule has 1 aromatic rings. The minimum absolute atomic E-state index is 0.0753. The zero-order chi connectivity index (χ0) is 15.9. The van der Waals surface area contributed by atoms with E-state index < -0.39 is 12.0 Å². The Bertz CT molecular complexity index is 543. The van der Waals surface area contributed by atoms with Gasteiger partial charge in [-0.1, -0.05) is 6.42 Å². The molecular weight excluding hydrogens is 290 g/mol. The molecule has 0 radical (unpaired) electrons. The maximum Gasteiger partial charge on any atom is 0.420 e. The van der Waals surface area contributed by atoms with Gasteiger partial charge < -0.3 is 20.3 Å². The van der Waals surface area contributed by atoms with Gasteiger partial charge in [0.1, 0.15) is 6.10 Å². The van der Waals surface area contributed by atoms with Gasteiger partial charge in [0.25, 0.3) is 5.88 Å². The van der Waals surface area contributed by atoms with Crippen LogP contribution in [0.1, 0.15) is 32.1 Å². The SMILES string of the molecule is NCC(=O)NC(=O)Oc1nc(OC2CCCCC2)ccc1O. The molecule has 0 bridgehead atoms. The van der Waals surface area contributed by atoms with Crippen LogP contribution in [0.2, 0.25) is 0 Å². The Labute approximate surface area is 127 Å². The molecule has 0 unspecified atom stereocenters. The van der Waals surface area contributed by atoms with Gasteiger partial charge in [0, 0.05) is 6.07 Å². The maximum atomic E-state index is 11.4. The Morgan fingerprint density at radius 2 is 2.05 bits per heavy atom. The molecule has 0 atom stereocenters. The molecule has 120 valence electrons. The number of aromatic hydroxyl groups is 1. The summed E-state index contributed by atoms with van der Waals surface area (Å²) in [4.78, 5) is 26.4. The summed E-state index contributed by atoms with van der Waals surface area (Å²) in [6, 6.07) is 2.82. The van der Waals surface area contributed by atoms with E-state index in [-0.39, 0.29) is 30.2 Å². The van der Waals surface area contributed by atoms with Crippen molar-refractivity contribution in [1.29, 1.82) is 0 Å². The van der Waals surface area contributed by atoms with Crippen molar-refractivity contribution in [3.05, 3.63) is 12.1 Å². The van der Waals surface area contributed by atoms with Gasteiger partial charge >= 0.3 is 6.09 Å². The number of pyridine rings is 1. The van der Waals surface area contributed by atoms with E-state index in [9.17, 15) is 14.7 Å². The lowest BCUT2D eigenvalue weighted by atomic mass is 9.98. The molecule has 1 saturated carbocycles. The van der Waals surface area contributed by atoms with Gasteiger partial charge in [-0.15, -0.1) is 0 Å². The highest BCUT2D eigenvalue weighted by molar-refractivity contribution is 5.93. The highest BCUT2D eigenvalue weighted by atomic mass is 16.6. The summed E-state index contributed by atoms with van der Waals surface area (Å²) in [6.07, 6.45) is 4.33. The number of amides is 2. The number of ether oxygens (including phenoxy) is 2. The fourth-order valence-electron chi connectivity index (χ4n) is 2.19. The number of hydrogen-bond acceptors (Lipinski definition) is 7. The van der Waals surface area contributed by atoms with Crippen LogP contribution in [0.5, 0.6) is 17.5 Å². The molecule has 0 saturated heterocycles. The van der Waals surface area contributed by atoms with Gasteiger partial charge in [-0.05, 0) is 31.7 Å². The third-order valence-electron chi connectivity index (χ3n) is 3.27. The lowest BCUT2D eigenvalue weighted by Crippen LogP contribution is -2.37. The summed E-state index contributed by atoms with van der Waals surface area (Å²) in [7, 11) is 0. The molecule has 1 aliphatic carbocycles. The van der Waals surface area contributed by atoms with Crippen LogP contribution in [0.25, 0.3) is 0 Å². The topological polar surface area (TPSA) is 124 Å². The summed E-state index contributed by atoms with van der Waals surface area (Å²) in [5.74, 6) is -1.08. The molecule has 0 spiro atoms. The molecule has 22 heavy (non-hydrogen) atoms. The number of nitrogens with two attached hydrogens (primary N) is 1. The first-order valence-electron chi connectivity index (χ1n) is 7.17. The first kappa shape index (κ1) is 16.0. The zero-order valence-corrected chi connectivity index (χ0v) is 12.1. The molecule has 1 heterocycles. The van der Waals surface area contributed by atoms with E-state index in [2.05, 4.69) is 4.98 Å². The van der Waals surface area contributed by atoms with Crippen LogP contribution in [0.4, 0.5) is 4.79 Å². The highest BCUT2D eigenvalue weighted by Gasteiger charge is 2.18. The van der Waals surface area contributed by atoms with Gasteiger partial charge in [-0.2, -0.15) is 4.98 Å². The van der Waals surface area contributed by atoms with Gasteiger partial charge in [0.15, 0.2) is 5.75 Å². The molecule has 0 aromatic carbocycles. The number of carbonyl (C=O) groups excluding carboxylic acids is 2. The second-order valence-corrected chi connectivity index (χ2v) is 4.99. The summed E-state index contributed by atoms with van der Waals surface area (Å²) < 4.78 is 10.5. The molecule has 0 aliphatic heterocycles. The Hall–Kier alpha value is -2.35. The summed E-state index contributed by atoms with van der Waals surface area (Å²) in [6.45, 7) is -0.348. The molecule has 8 heteroatoms. The van der Waals surface area contributed by atoms with Crippen LogP contribution in [-0.2, 0) is 4.79 Å². The largest absolute Gasteiger partial charge is 0.503 e. The van der Waals surface area contributed by atoms with E-state index in [0.29, 0.717) is 0 Å². The summed E-state index contributed by atoms with van der Waals surface area (Å²) in [5.41, 5.74) is 5.07. The second kappa shape index (κ2) is 7.60. The van der Waals surface area contributed by atoms with Crippen LogP contribution in [0.15, 0.2) is 12.1 Å². The third kappa shape index (κ3) is 4.59. The third-order valence-corrected chi connectivity index (χ3v) is 3.27. The van der Waals surface area contributed by atoms with E-state index in [1.165, 1.54) is 18.6 Å². The van der Waals surface area contributed by atoms with Gasteiger partial charge in [-0.25, -0.2) is 4.79 Å². The number of rotatable bonds is 4. The van der Waals surface area contributed by atoms with Crippen molar-refractivity contribution in [3.63, 3.8) is 0 Å². The number of carbonyl (C=O) groups is 2. The fraction of sp³-hybridized carbons (Fsp3) is 0.500. The van der Waals surface area contributed by atoms with Crippen molar-refractivity contribution in [2.24, 2.45) is 5.73 Å². The summed E-state index contributed by atoms with van der Waals surface area (Å²) in [5, 5.41) is 11.5. The quantitative estimate of drug-likeness (QED) is 0.760. The molecule has 2 rings (SSSR count). The average molecular weight is 309 g/mol. The maximum absolute atomic E-state index is 11.4. The number of nitrogens with zero attached hydrogens (tertiary/aromatic N) is 1. The lowest BCUT2D eigenvalue weighted by molar-refractivity contribution is -0.118. The number of hydrogen-bond donors (Lipinski definition) is 3. The standard InChI is InChI=1S/C14H19N3O5/c15-8-11(19)16-14(20)22-13-10(18)6-7-12(17-13)21-9-4-2-1-3-5-9/h6-7,9,18H,1-5,8,15H2,(H,16,19,20). The van der Waals surface area contributed by atoms with Crippen LogP contribution < -0.4 is 20.5 Å². The van der Waals surface area contributed by atoms with Crippen molar-refractivity contribution in [3.8, 4) is 17.5 Å². The van der Waals surface area contributed by atoms with Gasteiger partial charge in [-0.3, -0.25) is 10.1 Å². The first-order valence-corrected chi connectivity index (χ1v) is 7.17. The minimum atomic E-state index is -1.06. The van der Waals surface area contributed by atoms with Gasteiger partial charge in [0.2, 0.25) is 11.8 Å². The lowest BCUT2D eigenvalue weighted by Gasteiger charge is -2.22. The van der Waals surface area contributed by atoms with E-state index in [4.69, 9.17) is 15.2 Å². The monoisotopic (exact) mass is 309 g/mol. The van der Waals surface area contributed by atoms with Crippen molar-refractivity contribution in [1.82, 2.24) is 10.3 Å². The normalized spacial score (nSPS) is 15.1. The molecule has 8 nitrogen and oxygen atoms in total. The van der Waals surface area contributed by atoms with Gasteiger partial charge in [0.05, 0.1) is 6.54 Å². The van der Waals surface area contributed by atoms with E-state index in [1.54, 1.807) is 0 Å². The molecule has 1 aliphatic rings. The first-order chi connectivity index (χ1) is 10.6. The molecule has 1 fully saturated rings. The van der Waals surface area contributed by atoms with E-state index >= 15 is 0 Å². The second-order valence-electron chi connectivity index (χ2n) is 4.99. The number of aromatic nitrogens is 1.